The Labute approximate surface area is 203 Å². The average molecular weight is 551 g/mol. The predicted molar refractivity (Wildman–Crippen MR) is 136 cm³/mol. The summed E-state index contributed by atoms with van der Waals surface area (Å²) in [4.78, 5) is 0. The van der Waals surface area contributed by atoms with Crippen molar-refractivity contribution in [2.75, 3.05) is 13.8 Å². The lowest BCUT2D eigenvalue weighted by Gasteiger charge is -2.17. The summed E-state index contributed by atoms with van der Waals surface area (Å²) in [5, 5.41) is 31.1. The molecule has 3 rings (SSSR count). The predicted octanol–water partition coefficient (Wildman–Crippen LogP) is 7.29. The van der Waals surface area contributed by atoms with Gasteiger partial charge in [-0.15, -0.1) is 0 Å². The first-order valence-electron chi connectivity index (χ1n) is 10.6. The summed E-state index contributed by atoms with van der Waals surface area (Å²) in [5.41, 5.74) is 5.98. The van der Waals surface area contributed by atoms with Crippen LogP contribution in [0.5, 0.6) is 23.0 Å². The van der Waals surface area contributed by atoms with Crippen molar-refractivity contribution in [3.05, 3.63) is 68.8 Å². The summed E-state index contributed by atoms with van der Waals surface area (Å²) >= 11 is 2.14. The van der Waals surface area contributed by atoms with Crippen LogP contribution in [0.4, 0.5) is 4.39 Å². The molecular formula is C26H28FIO4. The number of rotatable bonds is 5. The van der Waals surface area contributed by atoms with Crippen molar-refractivity contribution in [2.24, 2.45) is 0 Å². The molecule has 0 aliphatic rings. The number of hydrogen-bond donors (Lipinski definition) is 3. The molecule has 0 bridgehead atoms. The zero-order chi connectivity index (χ0) is 24.7. The number of benzene rings is 3. The van der Waals surface area contributed by atoms with Crippen LogP contribution < -0.4 is 4.74 Å². The van der Waals surface area contributed by atoms with Crippen molar-refractivity contribution < 1.29 is 25.8 Å². The zero-order valence-corrected chi connectivity index (χ0v) is 20.7. The summed E-state index contributed by atoms with van der Waals surface area (Å²) in [6.45, 7) is 8.17. The van der Waals surface area contributed by atoms with Crippen LogP contribution >= 0.6 is 22.6 Å². The molecule has 0 radical (unpaired) electrons. The van der Waals surface area contributed by atoms with E-state index in [1.54, 1.807) is 18.2 Å². The summed E-state index contributed by atoms with van der Waals surface area (Å²) < 4.78 is 22.0. The van der Waals surface area contributed by atoms with Crippen LogP contribution in [0.15, 0.2) is 54.1 Å². The number of ether oxygens (including phenoxy) is 1. The second kappa shape index (κ2) is 11.2. The Balaban J connectivity index is 0.00000122. The van der Waals surface area contributed by atoms with Crippen molar-refractivity contribution in [3.8, 4) is 45.3 Å². The highest BCUT2D eigenvalue weighted by Gasteiger charge is 2.18. The molecule has 4 nitrogen and oxygen atoms in total. The highest BCUT2D eigenvalue weighted by Crippen LogP contribution is 2.44. The Hall–Kier alpha value is -2.74. The molecule has 0 unspecified atom stereocenters. The highest BCUT2D eigenvalue weighted by atomic mass is 127. The maximum atomic E-state index is 11.0. The summed E-state index contributed by atoms with van der Waals surface area (Å²) in [5.74, 6) is 0.849. The second-order valence-corrected chi connectivity index (χ2v) is 8.70. The van der Waals surface area contributed by atoms with E-state index in [1.165, 1.54) is 0 Å². The second-order valence-electron chi connectivity index (χ2n) is 7.54. The molecule has 0 fully saturated rings. The van der Waals surface area contributed by atoms with E-state index in [4.69, 9.17) is 6.11 Å². The maximum Gasteiger partial charge on any atom is 0.174 e. The molecule has 3 N–H and O–H groups in total. The number of phenols is 3. The van der Waals surface area contributed by atoms with Gasteiger partial charge in [0, 0.05) is 5.56 Å². The fourth-order valence-corrected chi connectivity index (χ4v) is 4.13. The Morgan fingerprint density at radius 3 is 2.25 bits per heavy atom. The smallest absolute Gasteiger partial charge is 0.174 e. The number of phenolic OH excluding ortho intramolecular Hbond substituents is 3. The Morgan fingerprint density at radius 1 is 1.06 bits per heavy atom. The van der Waals surface area contributed by atoms with E-state index in [0.29, 0.717) is 17.9 Å². The fourth-order valence-electron chi connectivity index (χ4n) is 3.36. The first-order chi connectivity index (χ1) is 15.6. The third kappa shape index (κ3) is 5.73. The standard InChI is InChI=1S/C25H25IO4.CH3F/c1-14(2)9-10-30-25-21(26)12-18(13-22(25)28)23-15(3)11-20(16(4)24(23)29)17-5-7-19(27)8-6-17;1-2/h5-9,11-13,27-29H,10H2,1-4H3;1H3/i;1D. The van der Waals surface area contributed by atoms with E-state index in [-0.39, 0.29) is 17.2 Å². The average Bonchev–Trinajstić information content (AvgIpc) is 2.74. The van der Waals surface area contributed by atoms with Gasteiger partial charge in [-0.25, -0.2) is 0 Å². The fraction of sp³-hybridized carbons (Fsp3) is 0.231. The van der Waals surface area contributed by atoms with Crippen LogP contribution in [0.2, 0.25) is 0 Å². The number of allylic oxidation sites excluding steroid dienone is 1. The minimum Gasteiger partial charge on any atom is -0.508 e. The minimum absolute atomic E-state index is 0.0399. The van der Waals surface area contributed by atoms with Crippen LogP contribution in [0, 0.1) is 17.4 Å². The van der Waals surface area contributed by atoms with Gasteiger partial charge in [0.1, 0.15) is 18.1 Å². The van der Waals surface area contributed by atoms with E-state index in [2.05, 4.69) is 22.6 Å². The summed E-state index contributed by atoms with van der Waals surface area (Å²) in [6, 6.07) is 12.4. The van der Waals surface area contributed by atoms with Crippen LogP contribution in [0.25, 0.3) is 22.3 Å². The van der Waals surface area contributed by atoms with E-state index in [9.17, 15) is 19.7 Å². The summed E-state index contributed by atoms with van der Waals surface area (Å²) in [6.07, 6.45) is 1.95. The topological polar surface area (TPSA) is 69.9 Å². The molecule has 0 atom stereocenters. The van der Waals surface area contributed by atoms with Crippen molar-refractivity contribution in [2.45, 2.75) is 27.7 Å². The molecule has 6 heteroatoms. The molecule has 170 valence electrons. The van der Waals surface area contributed by atoms with Gasteiger partial charge in [0.05, 0.1) is 12.1 Å². The lowest BCUT2D eigenvalue weighted by molar-refractivity contribution is 0.333. The lowest BCUT2D eigenvalue weighted by Crippen LogP contribution is -1.98. The number of hydrogen-bond acceptors (Lipinski definition) is 4. The van der Waals surface area contributed by atoms with E-state index >= 15 is 0 Å². The van der Waals surface area contributed by atoms with Gasteiger partial charge in [0.15, 0.2) is 11.5 Å². The van der Waals surface area contributed by atoms with Crippen LogP contribution in [0.3, 0.4) is 0 Å². The van der Waals surface area contributed by atoms with Gasteiger partial charge >= 0.3 is 0 Å². The molecule has 0 saturated carbocycles. The van der Waals surface area contributed by atoms with E-state index < -0.39 is 7.15 Å². The van der Waals surface area contributed by atoms with Gasteiger partial charge in [-0.05, 0) is 108 Å². The number of aromatic hydroxyl groups is 3. The lowest BCUT2D eigenvalue weighted by atomic mass is 9.90. The van der Waals surface area contributed by atoms with Crippen LogP contribution in [0.1, 0.15) is 26.3 Å². The SMILES string of the molecule is CC(C)=CCOc1c(O)cc(-c2c(C)cc(-c3ccc(O)cc3)c(C)c2O)cc1I.[2H]CF. The molecular weight excluding hydrogens is 522 g/mol. The third-order valence-electron chi connectivity index (χ3n) is 4.96. The van der Waals surface area contributed by atoms with Crippen molar-refractivity contribution >= 4 is 22.6 Å². The molecule has 0 aliphatic carbocycles. The number of aryl methyl sites for hydroxylation is 1. The van der Waals surface area contributed by atoms with Crippen LogP contribution in [-0.2, 0) is 0 Å². The molecule has 0 aliphatic heterocycles. The zero-order valence-electron chi connectivity index (χ0n) is 19.5. The van der Waals surface area contributed by atoms with E-state index in [1.807, 2.05) is 58.0 Å². The van der Waals surface area contributed by atoms with Gasteiger partial charge in [-0.3, -0.25) is 4.39 Å². The molecule has 0 spiro atoms. The third-order valence-corrected chi connectivity index (χ3v) is 5.76. The largest absolute Gasteiger partial charge is 0.508 e. The first kappa shape index (κ1) is 23.9. The summed E-state index contributed by atoms with van der Waals surface area (Å²) in [7, 11) is -1.00. The van der Waals surface area contributed by atoms with Crippen molar-refractivity contribution in [3.63, 3.8) is 0 Å². The van der Waals surface area contributed by atoms with Crippen molar-refractivity contribution in [1.82, 2.24) is 0 Å². The normalized spacial score (nSPS) is 10.6. The molecule has 0 amide bonds. The molecule has 0 saturated heterocycles. The monoisotopic (exact) mass is 551 g/mol. The van der Waals surface area contributed by atoms with Gasteiger partial charge in [0.2, 0.25) is 0 Å². The number of halogens is 2. The Morgan fingerprint density at radius 2 is 1.69 bits per heavy atom. The van der Waals surface area contributed by atoms with Crippen LogP contribution in [-0.4, -0.2) is 29.1 Å². The van der Waals surface area contributed by atoms with Crippen molar-refractivity contribution in [1.29, 1.82) is 0 Å². The molecule has 32 heavy (non-hydrogen) atoms. The quantitative estimate of drug-likeness (QED) is 0.230. The van der Waals surface area contributed by atoms with Gasteiger partial charge in [-0.1, -0.05) is 23.8 Å². The minimum atomic E-state index is -1.00. The van der Waals surface area contributed by atoms with Gasteiger partial charge in [-0.2, -0.15) is 0 Å². The van der Waals surface area contributed by atoms with E-state index in [0.717, 1.165) is 37.0 Å². The molecule has 3 aromatic carbocycles. The van der Waals surface area contributed by atoms with Gasteiger partial charge < -0.3 is 20.1 Å². The Kier molecular flexibility index (Phi) is 8.39. The molecule has 0 aromatic heterocycles. The highest BCUT2D eigenvalue weighted by molar-refractivity contribution is 14.1. The first-order valence-corrected chi connectivity index (χ1v) is 10.9. The number of alkyl halides is 1. The molecule has 0 heterocycles. The molecule has 3 aromatic rings. The Bertz CT molecular complexity index is 1120. The van der Waals surface area contributed by atoms with Gasteiger partial charge in [0.25, 0.3) is 0 Å². The maximum absolute atomic E-state index is 11.0.